The Morgan fingerprint density at radius 2 is 1.65 bits per heavy atom. The normalized spacial score (nSPS) is 17.3. The second kappa shape index (κ2) is 10.2. The molecule has 0 aromatic heterocycles. The Kier molecular flexibility index (Phi) is 7.01. The monoisotopic (exact) mass is 490 g/mol. The van der Waals surface area contributed by atoms with Crippen molar-refractivity contribution in [2.75, 3.05) is 31.6 Å². The fourth-order valence-electron chi connectivity index (χ4n) is 5.89. The molecule has 1 atom stereocenters. The van der Waals surface area contributed by atoms with E-state index in [2.05, 4.69) is 90.1 Å². The molecule has 0 saturated carbocycles. The summed E-state index contributed by atoms with van der Waals surface area (Å²) in [6.07, 6.45) is 6.99. The highest BCUT2D eigenvalue weighted by Gasteiger charge is 2.41. The van der Waals surface area contributed by atoms with E-state index in [-0.39, 0.29) is 5.41 Å². The van der Waals surface area contributed by atoms with Crippen LogP contribution in [0.15, 0.2) is 78.4 Å². The van der Waals surface area contributed by atoms with Crippen LogP contribution >= 0.6 is 23.2 Å². The van der Waals surface area contributed by atoms with Crippen molar-refractivity contribution in [1.29, 1.82) is 0 Å². The van der Waals surface area contributed by atoms with Crippen molar-refractivity contribution in [2.24, 2.45) is 0 Å². The Morgan fingerprint density at radius 3 is 2.41 bits per heavy atom. The fourth-order valence-corrected chi connectivity index (χ4v) is 6.20. The molecule has 1 spiro atoms. The van der Waals surface area contributed by atoms with Gasteiger partial charge in [0.25, 0.3) is 0 Å². The summed E-state index contributed by atoms with van der Waals surface area (Å²) in [6, 6.07) is 25.8. The minimum Gasteiger partial charge on any atom is -0.374 e. The molecule has 1 aliphatic heterocycles. The van der Waals surface area contributed by atoms with E-state index in [1.165, 1.54) is 35.2 Å². The molecule has 3 aromatic carbocycles. The first-order chi connectivity index (χ1) is 16.6. The van der Waals surface area contributed by atoms with E-state index >= 15 is 0 Å². The molecule has 1 N–H and O–H groups in total. The number of benzene rings is 3. The molecule has 1 saturated heterocycles. The summed E-state index contributed by atoms with van der Waals surface area (Å²) in [7, 11) is 2.18. The Bertz CT molecular complexity index is 1170. The van der Waals surface area contributed by atoms with Gasteiger partial charge in [0.2, 0.25) is 0 Å². The summed E-state index contributed by atoms with van der Waals surface area (Å²) in [6.45, 7) is 3.09. The molecule has 176 valence electrons. The Hall–Kier alpha value is -2.26. The number of hydrogen-bond acceptors (Lipinski definition) is 2. The SMILES string of the molecule is CN(C[C@@H](CCC1=Cc2ccccc2C12CCNCC2)c1ccc(Cl)c(Cl)c1)c1ccccc1. The number of para-hydroxylation sites is 1. The van der Waals surface area contributed by atoms with Crippen molar-refractivity contribution in [3.63, 3.8) is 0 Å². The maximum absolute atomic E-state index is 6.45. The number of fused-ring (bicyclic) bond motifs is 2. The summed E-state index contributed by atoms with van der Waals surface area (Å²) in [5, 5.41) is 4.82. The molecular weight excluding hydrogens is 459 g/mol. The number of nitrogens with one attached hydrogen (secondary N) is 1. The highest BCUT2D eigenvalue weighted by atomic mass is 35.5. The molecule has 34 heavy (non-hydrogen) atoms. The predicted molar refractivity (Wildman–Crippen MR) is 146 cm³/mol. The van der Waals surface area contributed by atoms with E-state index in [0.29, 0.717) is 16.0 Å². The van der Waals surface area contributed by atoms with Gasteiger partial charge in [-0.15, -0.1) is 0 Å². The van der Waals surface area contributed by atoms with E-state index in [9.17, 15) is 0 Å². The van der Waals surface area contributed by atoms with Crippen molar-refractivity contribution in [2.45, 2.75) is 37.0 Å². The van der Waals surface area contributed by atoms with Crippen LogP contribution in [0.4, 0.5) is 5.69 Å². The molecule has 3 aromatic rings. The van der Waals surface area contributed by atoms with Crippen LogP contribution in [-0.2, 0) is 5.41 Å². The first-order valence-electron chi connectivity index (χ1n) is 12.3. The molecule has 0 unspecified atom stereocenters. The number of anilines is 1. The number of piperidine rings is 1. The number of likely N-dealkylation sites (N-methyl/N-ethyl adjacent to an activating group) is 1. The third-order valence-corrected chi connectivity index (χ3v) is 8.49. The molecule has 1 heterocycles. The Balaban J connectivity index is 1.41. The van der Waals surface area contributed by atoms with Crippen molar-refractivity contribution in [3.8, 4) is 0 Å². The average molecular weight is 492 g/mol. The molecule has 0 radical (unpaired) electrons. The van der Waals surface area contributed by atoms with Crippen LogP contribution < -0.4 is 10.2 Å². The van der Waals surface area contributed by atoms with Gasteiger partial charge in [-0.2, -0.15) is 0 Å². The summed E-state index contributed by atoms with van der Waals surface area (Å²) in [5.74, 6) is 0.350. The van der Waals surface area contributed by atoms with Crippen molar-refractivity contribution >= 4 is 35.0 Å². The summed E-state index contributed by atoms with van der Waals surface area (Å²) in [5.41, 5.74) is 7.21. The lowest BCUT2D eigenvalue weighted by Gasteiger charge is -2.38. The smallest absolute Gasteiger partial charge is 0.0595 e. The maximum Gasteiger partial charge on any atom is 0.0595 e. The second-order valence-corrected chi connectivity index (χ2v) is 10.5. The number of hydrogen-bond donors (Lipinski definition) is 1. The number of halogens is 2. The van der Waals surface area contributed by atoms with Gasteiger partial charge in [0.05, 0.1) is 10.0 Å². The Morgan fingerprint density at radius 1 is 0.912 bits per heavy atom. The number of nitrogens with zero attached hydrogens (tertiary/aromatic N) is 1. The number of rotatable bonds is 7. The minimum absolute atomic E-state index is 0.190. The van der Waals surface area contributed by atoms with Gasteiger partial charge in [-0.1, -0.05) is 83.4 Å². The van der Waals surface area contributed by atoms with E-state index in [4.69, 9.17) is 23.2 Å². The second-order valence-electron chi connectivity index (χ2n) is 9.71. The fraction of sp³-hybridized carbons (Fsp3) is 0.333. The summed E-state index contributed by atoms with van der Waals surface area (Å²) < 4.78 is 0. The van der Waals surface area contributed by atoms with Crippen LogP contribution in [-0.4, -0.2) is 26.7 Å². The third kappa shape index (κ3) is 4.64. The zero-order valence-corrected chi connectivity index (χ0v) is 21.2. The van der Waals surface area contributed by atoms with Gasteiger partial charge >= 0.3 is 0 Å². The maximum atomic E-state index is 6.45. The van der Waals surface area contributed by atoms with Gasteiger partial charge in [0, 0.05) is 30.6 Å². The van der Waals surface area contributed by atoms with E-state index in [1.54, 1.807) is 5.57 Å². The van der Waals surface area contributed by atoms with Gasteiger partial charge in [0.1, 0.15) is 0 Å². The van der Waals surface area contributed by atoms with Crippen molar-refractivity contribution in [3.05, 3.63) is 105 Å². The van der Waals surface area contributed by atoms with Gasteiger partial charge in [-0.3, -0.25) is 0 Å². The number of allylic oxidation sites excluding steroid dienone is 1. The van der Waals surface area contributed by atoms with Gasteiger partial charge in [-0.05, 0) is 79.7 Å². The lowest BCUT2D eigenvalue weighted by Crippen LogP contribution is -2.40. The van der Waals surface area contributed by atoms with Crippen LogP contribution in [0.5, 0.6) is 0 Å². The third-order valence-electron chi connectivity index (χ3n) is 7.75. The van der Waals surface area contributed by atoms with Gasteiger partial charge < -0.3 is 10.2 Å². The highest BCUT2D eigenvalue weighted by Crippen LogP contribution is 2.50. The van der Waals surface area contributed by atoms with E-state index in [0.717, 1.165) is 32.5 Å². The lowest BCUT2D eigenvalue weighted by atomic mass is 9.69. The standard InChI is InChI=1S/C30H32Cl2N2/c1-34(26-8-3-2-4-9-26)21-24(22-12-14-28(31)29(32)20-22)11-13-25-19-23-7-5-6-10-27(23)30(25)15-17-33-18-16-30/h2-10,12,14,19-20,24,33H,11,13,15-18,21H2,1H3/t24-/m1/s1. The van der Waals surface area contributed by atoms with Crippen LogP contribution in [0.25, 0.3) is 6.08 Å². The summed E-state index contributed by atoms with van der Waals surface area (Å²) in [4.78, 5) is 2.35. The van der Waals surface area contributed by atoms with Crippen LogP contribution in [0.2, 0.25) is 10.0 Å². The molecule has 1 aliphatic carbocycles. The minimum atomic E-state index is 0.190. The quantitative estimate of drug-likeness (QED) is 0.364. The zero-order valence-electron chi connectivity index (χ0n) is 19.7. The highest BCUT2D eigenvalue weighted by molar-refractivity contribution is 6.42. The summed E-state index contributed by atoms with van der Waals surface area (Å²) >= 11 is 12.7. The topological polar surface area (TPSA) is 15.3 Å². The van der Waals surface area contributed by atoms with Gasteiger partial charge in [0.15, 0.2) is 0 Å². The van der Waals surface area contributed by atoms with Crippen molar-refractivity contribution in [1.82, 2.24) is 5.32 Å². The van der Waals surface area contributed by atoms with Crippen LogP contribution in [0, 0.1) is 0 Å². The average Bonchev–Trinajstić information content (AvgIpc) is 3.17. The lowest BCUT2D eigenvalue weighted by molar-refractivity contribution is 0.350. The first-order valence-corrected chi connectivity index (χ1v) is 13.0. The zero-order chi connectivity index (χ0) is 23.5. The Labute approximate surface area is 213 Å². The molecule has 0 amide bonds. The first kappa shape index (κ1) is 23.5. The molecule has 0 bridgehead atoms. The molecule has 4 heteroatoms. The molecule has 5 rings (SSSR count). The van der Waals surface area contributed by atoms with Crippen LogP contribution in [0.3, 0.4) is 0 Å². The largest absolute Gasteiger partial charge is 0.374 e. The van der Waals surface area contributed by atoms with Crippen molar-refractivity contribution < 1.29 is 0 Å². The van der Waals surface area contributed by atoms with Crippen LogP contribution in [0.1, 0.15) is 48.3 Å². The molecule has 2 aliphatic rings. The van der Waals surface area contributed by atoms with E-state index in [1.807, 2.05) is 6.07 Å². The van der Waals surface area contributed by atoms with E-state index < -0.39 is 0 Å². The molecular formula is C30H32Cl2N2. The predicted octanol–water partition coefficient (Wildman–Crippen LogP) is 7.71. The van der Waals surface area contributed by atoms with Gasteiger partial charge in [-0.25, -0.2) is 0 Å². The molecule has 1 fully saturated rings. The molecule has 2 nitrogen and oxygen atoms in total.